The van der Waals surface area contributed by atoms with Crippen LogP contribution in [0, 0.1) is 5.41 Å². The predicted octanol–water partition coefficient (Wildman–Crippen LogP) is 2.47. The van der Waals surface area contributed by atoms with Crippen LogP contribution in [0.4, 0.5) is 0 Å². The van der Waals surface area contributed by atoms with Gasteiger partial charge in [-0.3, -0.25) is 9.79 Å². The summed E-state index contributed by atoms with van der Waals surface area (Å²) in [7, 11) is 0. The smallest absolute Gasteiger partial charge is 0.232 e. The second-order valence-corrected chi connectivity index (χ2v) is 8.62. The highest BCUT2D eigenvalue weighted by atomic mass is 16.5. The Kier molecular flexibility index (Phi) is 6.38. The van der Waals surface area contributed by atoms with E-state index >= 15 is 0 Å². The molecule has 1 saturated carbocycles. The SMILES string of the molecule is CCNC(=NCC(C(=O)N1CCOCC1)c1ccccc1)N1CCC2(CCC2)C1. The summed E-state index contributed by atoms with van der Waals surface area (Å²) < 4.78 is 5.43. The molecule has 2 saturated heterocycles. The topological polar surface area (TPSA) is 57.2 Å². The fourth-order valence-electron chi connectivity index (χ4n) is 4.82. The number of likely N-dealkylation sites (tertiary alicyclic amines) is 1. The average molecular weight is 399 g/mol. The van der Waals surface area contributed by atoms with Crippen LogP contribution in [0.15, 0.2) is 35.3 Å². The lowest BCUT2D eigenvalue weighted by atomic mass is 9.68. The van der Waals surface area contributed by atoms with Gasteiger partial charge in [-0.15, -0.1) is 0 Å². The molecule has 6 nitrogen and oxygen atoms in total. The van der Waals surface area contributed by atoms with E-state index < -0.39 is 0 Å². The van der Waals surface area contributed by atoms with Gasteiger partial charge in [0.2, 0.25) is 5.91 Å². The number of ether oxygens (including phenoxy) is 1. The molecule has 2 heterocycles. The number of nitrogens with zero attached hydrogens (tertiary/aromatic N) is 3. The van der Waals surface area contributed by atoms with E-state index in [0.29, 0.717) is 38.3 Å². The fraction of sp³-hybridized carbons (Fsp3) is 0.652. The second-order valence-electron chi connectivity index (χ2n) is 8.62. The number of rotatable bonds is 5. The van der Waals surface area contributed by atoms with Crippen LogP contribution in [-0.4, -0.2) is 74.1 Å². The first-order chi connectivity index (χ1) is 14.2. The van der Waals surface area contributed by atoms with Crippen molar-refractivity contribution in [2.24, 2.45) is 10.4 Å². The number of benzene rings is 1. The molecule has 3 fully saturated rings. The highest BCUT2D eigenvalue weighted by molar-refractivity contribution is 5.85. The highest BCUT2D eigenvalue weighted by Crippen LogP contribution is 2.47. The number of hydrogen-bond donors (Lipinski definition) is 1. The minimum atomic E-state index is -0.247. The van der Waals surface area contributed by atoms with Crippen molar-refractivity contribution in [1.82, 2.24) is 15.1 Å². The molecule has 1 amide bonds. The van der Waals surface area contributed by atoms with Gasteiger partial charge in [-0.25, -0.2) is 0 Å². The van der Waals surface area contributed by atoms with Crippen molar-refractivity contribution in [3.05, 3.63) is 35.9 Å². The van der Waals surface area contributed by atoms with E-state index in [0.717, 1.165) is 31.2 Å². The van der Waals surface area contributed by atoms with Gasteiger partial charge in [0.15, 0.2) is 5.96 Å². The number of amides is 1. The number of carbonyl (C=O) groups excluding carboxylic acids is 1. The monoisotopic (exact) mass is 398 g/mol. The molecule has 1 aromatic carbocycles. The lowest BCUT2D eigenvalue weighted by molar-refractivity contribution is -0.136. The molecule has 1 aromatic rings. The van der Waals surface area contributed by atoms with Crippen molar-refractivity contribution in [3.8, 4) is 0 Å². The molecule has 0 radical (unpaired) electrons. The van der Waals surface area contributed by atoms with Gasteiger partial charge in [-0.2, -0.15) is 0 Å². The maximum Gasteiger partial charge on any atom is 0.232 e. The van der Waals surface area contributed by atoms with Gasteiger partial charge in [0.25, 0.3) is 0 Å². The fourth-order valence-corrected chi connectivity index (χ4v) is 4.82. The Morgan fingerprint density at radius 1 is 1.14 bits per heavy atom. The zero-order valence-electron chi connectivity index (χ0n) is 17.6. The van der Waals surface area contributed by atoms with Crippen LogP contribution in [0.3, 0.4) is 0 Å². The van der Waals surface area contributed by atoms with Crippen molar-refractivity contribution in [2.45, 2.75) is 38.5 Å². The van der Waals surface area contributed by atoms with Gasteiger partial charge < -0.3 is 19.9 Å². The van der Waals surface area contributed by atoms with Crippen LogP contribution >= 0.6 is 0 Å². The summed E-state index contributed by atoms with van der Waals surface area (Å²) in [6.45, 7) is 8.18. The average Bonchev–Trinajstić information content (AvgIpc) is 3.21. The number of aliphatic imine (C=N–C) groups is 1. The molecular weight excluding hydrogens is 364 g/mol. The van der Waals surface area contributed by atoms with Gasteiger partial charge in [0.1, 0.15) is 0 Å². The molecule has 1 aliphatic carbocycles. The van der Waals surface area contributed by atoms with Crippen LogP contribution in [-0.2, 0) is 9.53 Å². The van der Waals surface area contributed by atoms with Gasteiger partial charge in [-0.1, -0.05) is 36.8 Å². The van der Waals surface area contributed by atoms with Crippen LogP contribution in [0.1, 0.15) is 44.1 Å². The molecule has 3 aliphatic rings. The van der Waals surface area contributed by atoms with Crippen LogP contribution in [0.5, 0.6) is 0 Å². The van der Waals surface area contributed by atoms with E-state index in [-0.39, 0.29) is 11.8 Å². The van der Waals surface area contributed by atoms with Crippen molar-refractivity contribution < 1.29 is 9.53 Å². The van der Waals surface area contributed by atoms with Gasteiger partial charge in [0, 0.05) is 32.7 Å². The molecule has 0 aromatic heterocycles. The van der Waals surface area contributed by atoms with E-state index in [1.165, 1.54) is 25.7 Å². The van der Waals surface area contributed by atoms with Crippen molar-refractivity contribution in [2.75, 3.05) is 52.5 Å². The van der Waals surface area contributed by atoms with Crippen LogP contribution < -0.4 is 5.32 Å². The number of hydrogen-bond acceptors (Lipinski definition) is 3. The maximum atomic E-state index is 13.3. The molecule has 0 bridgehead atoms. The van der Waals surface area contributed by atoms with Crippen molar-refractivity contribution in [3.63, 3.8) is 0 Å². The van der Waals surface area contributed by atoms with Gasteiger partial charge >= 0.3 is 0 Å². The summed E-state index contributed by atoms with van der Waals surface area (Å²) in [4.78, 5) is 22.6. The largest absolute Gasteiger partial charge is 0.378 e. The van der Waals surface area contributed by atoms with Gasteiger partial charge in [-0.05, 0) is 37.2 Å². The Labute approximate surface area is 174 Å². The molecule has 158 valence electrons. The van der Waals surface area contributed by atoms with Gasteiger partial charge in [0.05, 0.1) is 25.7 Å². The minimum Gasteiger partial charge on any atom is -0.378 e. The third-order valence-electron chi connectivity index (χ3n) is 6.73. The molecular formula is C23H34N4O2. The van der Waals surface area contributed by atoms with E-state index in [9.17, 15) is 4.79 Å². The van der Waals surface area contributed by atoms with Crippen molar-refractivity contribution >= 4 is 11.9 Å². The predicted molar refractivity (Wildman–Crippen MR) is 115 cm³/mol. The molecule has 1 unspecified atom stereocenters. The summed E-state index contributed by atoms with van der Waals surface area (Å²) in [5.41, 5.74) is 1.57. The molecule has 29 heavy (non-hydrogen) atoms. The Morgan fingerprint density at radius 3 is 2.52 bits per heavy atom. The second kappa shape index (κ2) is 9.16. The molecule has 1 atom stereocenters. The zero-order valence-corrected chi connectivity index (χ0v) is 17.6. The molecule has 4 rings (SSSR count). The Balaban J connectivity index is 1.51. The first-order valence-corrected chi connectivity index (χ1v) is 11.2. The number of carbonyl (C=O) groups is 1. The minimum absolute atomic E-state index is 0.163. The first kappa shape index (κ1) is 20.2. The molecule has 1 spiro atoms. The number of nitrogens with one attached hydrogen (secondary N) is 1. The quantitative estimate of drug-likeness (QED) is 0.612. The van der Waals surface area contributed by atoms with E-state index in [2.05, 4.69) is 17.1 Å². The Morgan fingerprint density at radius 2 is 1.90 bits per heavy atom. The lowest BCUT2D eigenvalue weighted by Gasteiger charge is -2.38. The number of morpholine rings is 1. The molecule has 6 heteroatoms. The Hall–Kier alpha value is -2.08. The van der Waals surface area contributed by atoms with Crippen molar-refractivity contribution in [1.29, 1.82) is 0 Å². The zero-order chi connectivity index (χ0) is 20.1. The summed E-state index contributed by atoms with van der Waals surface area (Å²) in [6.07, 6.45) is 5.34. The summed E-state index contributed by atoms with van der Waals surface area (Å²) in [5, 5.41) is 3.47. The third-order valence-corrected chi connectivity index (χ3v) is 6.73. The van der Waals surface area contributed by atoms with E-state index in [4.69, 9.17) is 9.73 Å². The summed E-state index contributed by atoms with van der Waals surface area (Å²) in [6, 6.07) is 10.1. The maximum absolute atomic E-state index is 13.3. The highest BCUT2D eigenvalue weighted by Gasteiger charge is 2.43. The normalized spacial score (nSPS) is 22.4. The third kappa shape index (κ3) is 4.58. The van der Waals surface area contributed by atoms with E-state index in [1.807, 2.05) is 35.2 Å². The first-order valence-electron chi connectivity index (χ1n) is 11.2. The molecule has 1 N–H and O–H groups in total. The standard InChI is InChI=1S/C23H34N4O2/c1-2-24-22(27-12-11-23(18-27)9-6-10-23)25-17-20(19-7-4-3-5-8-19)21(28)26-13-15-29-16-14-26/h3-5,7-8,20H,2,6,9-18H2,1H3,(H,24,25). The van der Waals surface area contributed by atoms with Crippen LogP contribution in [0.2, 0.25) is 0 Å². The lowest BCUT2D eigenvalue weighted by Crippen LogP contribution is -2.45. The van der Waals surface area contributed by atoms with Crippen LogP contribution in [0.25, 0.3) is 0 Å². The van der Waals surface area contributed by atoms with E-state index in [1.54, 1.807) is 0 Å². The summed E-state index contributed by atoms with van der Waals surface area (Å²) >= 11 is 0. The Bertz CT molecular complexity index is 711. The number of guanidine groups is 1. The molecule has 2 aliphatic heterocycles. The summed E-state index contributed by atoms with van der Waals surface area (Å²) in [5.74, 6) is 0.881.